The number of benzene rings is 1. The highest BCUT2D eigenvalue weighted by Crippen LogP contribution is 2.33. The van der Waals surface area contributed by atoms with Crippen LogP contribution in [0.2, 0.25) is 0 Å². The minimum atomic E-state index is -3.73. The second-order valence-corrected chi connectivity index (χ2v) is 9.53. The summed E-state index contributed by atoms with van der Waals surface area (Å²) < 4.78 is 40.4. The first-order valence-electron chi connectivity index (χ1n) is 10.3. The van der Waals surface area contributed by atoms with E-state index < -0.39 is 10.0 Å². The number of hydrogen-bond donors (Lipinski definition) is 0. The van der Waals surface area contributed by atoms with E-state index in [1.54, 1.807) is 23.2 Å². The first kappa shape index (κ1) is 20.6. The third kappa shape index (κ3) is 3.65. The predicted molar refractivity (Wildman–Crippen MR) is 112 cm³/mol. The molecule has 2 aromatic heterocycles. The van der Waals surface area contributed by atoms with Gasteiger partial charge in [0.1, 0.15) is 0 Å². The molecule has 0 saturated carbocycles. The number of nitrogens with zero attached hydrogens (tertiary/aromatic N) is 6. The van der Waals surface area contributed by atoms with Crippen molar-refractivity contribution in [2.45, 2.75) is 18.2 Å². The molecule has 1 fully saturated rings. The molecule has 2 aliphatic rings. The molecule has 0 N–H and O–H groups in total. The number of fused-ring (bicyclic) bond motifs is 2. The number of rotatable bonds is 3. The van der Waals surface area contributed by atoms with E-state index in [0.717, 1.165) is 12.1 Å². The zero-order valence-corrected chi connectivity index (χ0v) is 18.3. The molecule has 0 radical (unpaired) electrons. The zero-order chi connectivity index (χ0) is 22.3. The molecule has 2 aliphatic heterocycles. The van der Waals surface area contributed by atoms with Gasteiger partial charge in [0.2, 0.25) is 15.8 Å². The van der Waals surface area contributed by atoms with E-state index in [1.807, 2.05) is 6.92 Å². The average Bonchev–Trinajstić information content (AvgIpc) is 3.11. The molecule has 1 aromatic carbocycles. The second kappa shape index (κ2) is 8.02. The van der Waals surface area contributed by atoms with Gasteiger partial charge in [0.05, 0.1) is 18.1 Å². The summed E-state index contributed by atoms with van der Waals surface area (Å²) in [7, 11) is -3.73. The van der Waals surface area contributed by atoms with Crippen LogP contribution in [-0.2, 0) is 10.0 Å². The van der Waals surface area contributed by atoms with Crippen LogP contribution in [0.5, 0.6) is 11.5 Å². The number of aromatic nitrogens is 4. The van der Waals surface area contributed by atoms with Crippen molar-refractivity contribution in [3.05, 3.63) is 42.0 Å². The van der Waals surface area contributed by atoms with Gasteiger partial charge in [0.25, 0.3) is 11.7 Å². The number of amides is 1. The van der Waals surface area contributed by atoms with Crippen molar-refractivity contribution >= 4 is 21.7 Å². The molecule has 4 heterocycles. The van der Waals surface area contributed by atoms with E-state index in [2.05, 4.69) is 15.1 Å². The lowest BCUT2D eigenvalue weighted by atomic mass is 10.3. The lowest BCUT2D eigenvalue weighted by Crippen LogP contribution is -2.50. The fourth-order valence-corrected chi connectivity index (χ4v) is 5.16. The SMILES string of the molecule is Cc1ccnc2nc(C(=O)N3CCN(S(=O)(=O)c4ccc5c(c4)OCCCO5)CC3)nn12. The number of ether oxygens (including phenoxy) is 2. The number of carbonyl (C=O) groups is 1. The van der Waals surface area contributed by atoms with Gasteiger partial charge in [-0.05, 0) is 25.1 Å². The highest BCUT2D eigenvalue weighted by Gasteiger charge is 2.32. The Bertz CT molecular complexity index is 1280. The summed E-state index contributed by atoms with van der Waals surface area (Å²) in [5, 5.41) is 4.25. The van der Waals surface area contributed by atoms with E-state index in [-0.39, 0.29) is 42.8 Å². The first-order valence-corrected chi connectivity index (χ1v) is 11.7. The van der Waals surface area contributed by atoms with E-state index in [4.69, 9.17) is 9.47 Å². The van der Waals surface area contributed by atoms with Crippen molar-refractivity contribution in [3.8, 4) is 11.5 Å². The molecular formula is C20H22N6O5S. The Hall–Kier alpha value is -3.25. The maximum absolute atomic E-state index is 13.2. The Morgan fingerprint density at radius 1 is 1.03 bits per heavy atom. The molecule has 0 atom stereocenters. The van der Waals surface area contributed by atoms with Gasteiger partial charge in [-0.1, -0.05) is 0 Å². The van der Waals surface area contributed by atoms with Gasteiger partial charge >= 0.3 is 0 Å². The summed E-state index contributed by atoms with van der Waals surface area (Å²) in [4.78, 5) is 22.9. The van der Waals surface area contributed by atoms with Crippen LogP contribution in [0, 0.1) is 6.92 Å². The summed E-state index contributed by atoms with van der Waals surface area (Å²) in [6.45, 7) is 3.69. The number of piperazine rings is 1. The van der Waals surface area contributed by atoms with Crippen LogP contribution in [0.15, 0.2) is 35.4 Å². The Morgan fingerprint density at radius 2 is 1.78 bits per heavy atom. The molecular weight excluding hydrogens is 436 g/mol. The summed E-state index contributed by atoms with van der Waals surface area (Å²) in [5.74, 6) is 1.03. The van der Waals surface area contributed by atoms with Crippen LogP contribution in [0.4, 0.5) is 0 Å². The molecule has 11 nitrogen and oxygen atoms in total. The van der Waals surface area contributed by atoms with Crippen molar-refractivity contribution in [1.29, 1.82) is 0 Å². The van der Waals surface area contributed by atoms with Crippen LogP contribution in [0.3, 0.4) is 0 Å². The van der Waals surface area contributed by atoms with Crippen LogP contribution >= 0.6 is 0 Å². The number of aryl methyl sites for hydroxylation is 1. The first-order chi connectivity index (χ1) is 15.4. The van der Waals surface area contributed by atoms with Crippen LogP contribution in [0.25, 0.3) is 5.78 Å². The van der Waals surface area contributed by atoms with E-state index in [9.17, 15) is 13.2 Å². The smallest absolute Gasteiger partial charge is 0.293 e. The fraction of sp³-hybridized carbons (Fsp3) is 0.400. The molecule has 168 valence electrons. The van der Waals surface area contributed by atoms with Crippen LogP contribution < -0.4 is 9.47 Å². The van der Waals surface area contributed by atoms with Crippen molar-refractivity contribution in [2.24, 2.45) is 0 Å². The van der Waals surface area contributed by atoms with Crippen LogP contribution in [0.1, 0.15) is 22.7 Å². The number of carbonyl (C=O) groups excluding carboxylic acids is 1. The third-order valence-corrected chi connectivity index (χ3v) is 7.40. The zero-order valence-electron chi connectivity index (χ0n) is 17.5. The molecule has 0 aliphatic carbocycles. The Labute approximate surface area is 184 Å². The monoisotopic (exact) mass is 458 g/mol. The van der Waals surface area contributed by atoms with Crippen molar-refractivity contribution in [1.82, 2.24) is 28.8 Å². The molecule has 3 aromatic rings. The van der Waals surface area contributed by atoms with Crippen molar-refractivity contribution < 1.29 is 22.7 Å². The number of sulfonamides is 1. The average molecular weight is 459 g/mol. The van der Waals surface area contributed by atoms with E-state index >= 15 is 0 Å². The second-order valence-electron chi connectivity index (χ2n) is 7.59. The minimum absolute atomic E-state index is 0.0472. The highest BCUT2D eigenvalue weighted by atomic mass is 32.2. The Morgan fingerprint density at radius 3 is 2.53 bits per heavy atom. The summed E-state index contributed by atoms with van der Waals surface area (Å²) >= 11 is 0. The number of hydrogen-bond acceptors (Lipinski definition) is 8. The van der Waals surface area contributed by atoms with Crippen LogP contribution in [-0.4, -0.2) is 82.5 Å². The topological polar surface area (TPSA) is 119 Å². The molecule has 5 rings (SSSR count). The molecule has 32 heavy (non-hydrogen) atoms. The molecule has 12 heteroatoms. The van der Waals surface area contributed by atoms with Crippen molar-refractivity contribution in [2.75, 3.05) is 39.4 Å². The van der Waals surface area contributed by atoms with Gasteiger partial charge < -0.3 is 14.4 Å². The Balaban J connectivity index is 1.30. The van der Waals surface area contributed by atoms with Gasteiger partial charge in [-0.2, -0.15) is 9.29 Å². The molecule has 1 saturated heterocycles. The Kier molecular flexibility index (Phi) is 5.18. The predicted octanol–water partition coefficient (Wildman–Crippen LogP) is 0.741. The maximum atomic E-state index is 13.2. The third-order valence-electron chi connectivity index (χ3n) is 5.50. The van der Waals surface area contributed by atoms with E-state index in [1.165, 1.54) is 21.0 Å². The summed E-state index contributed by atoms with van der Waals surface area (Å²) in [6, 6.07) is 6.43. The quantitative estimate of drug-likeness (QED) is 0.564. The molecule has 0 unspecified atom stereocenters. The van der Waals surface area contributed by atoms with Gasteiger partial charge in [-0.3, -0.25) is 4.79 Å². The van der Waals surface area contributed by atoms with E-state index in [0.29, 0.717) is 30.5 Å². The van der Waals surface area contributed by atoms with Gasteiger partial charge in [0.15, 0.2) is 11.5 Å². The highest BCUT2D eigenvalue weighted by molar-refractivity contribution is 7.89. The standard InChI is InChI=1S/C20H22N6O5S/c1-14-5-6-21-20-22-18(23-26(14)20)19(27)24-7-9-25(10-8-24)32(28,29)15-3-4-16-17(13-15)31-12-2-11-30-16/h3-6,13H,2,7-12H2,1H3. The minimum Gasteiger partial charge on any atom is -0.490 e. The lowest BCUT2D eigenvalue weighted by molar-refractivity contribution is 0.0686. The fourth-order valence-electron chi connectivity index (χ4n) is 3.72. The van der Waals surface area contributed by atoms with Crippen molar-refractivity contribution in [3.63, 3.8) is 0 Å². The maximum Gasteiger partial charge on any atom is 0.293 e. The molecule has 1 amide bonds. The summed E-state index contributed by atoms with van der Waals surface area (Å²) in [6.07, 6.45) is 2.35. The molecule has 0 spiro atoms. The van der Waals surface area contributed by atoms with Gasteiger partial charge in [0, 0.05) is 50.6 Å². The largest absolute Gasteiger partial charge is 0.490 e. The molecule has 0 bridgehead atoms. The lowest BCUT2D eigenvalue weighted by Gasteiger charge is -2.33. The summed E-state index contributed by atoms with van der Waals surface area (Å²) in [5.41, 5.74) is 0.813. The normalized spacial score (nSPS) is 17.3. The van der Waals surface area contributed by atoms with Gasteiger partial charge in [-0.15, -0.1) is 5.10 Å². The van der Waals surface area contributed by atoms with Gasteiger partial charge in [-0.25, -0.2) is 17.9 Å².